The Labute approximate surface area is 142 Å². The quantitative estimate of drug-likeness (QED) is 0.881. The highest BCUT2D eigenvalue weighted by molar-refractivity contribution is 7.12. The summed E-state index contributed by atoms with van der Waals surface area (Å²) in [5, 5.41) is 20.2. The smallest absolute Gasteiger partial charge is 0.239 e. The topological polar surface area (TPSA) is 80.0 Å². The van der Waals surface area contributed by atoms with Crippen LogP contribution in [0.2, 0.25) is 0 Å². The van der Waals surface area contributed by atoms with Crippen LogP contribution in [-0.2, 0) is 10.3 Å². The van der Waals surface area contributed by atoms with Crippen molar-refractivity contribution in [2.45, 2.75) is 18.4 Å². The summed E-state index contributed by atoms with van der Waals surface area (Å²) >= 11 is 1.28. The maximum Gasteiger partial charge on any atom is 0.239 e. The SMILES string of the molecule is CN1C(=N)N[C@](C)(c2ccc(C#N)s2)[C@@H](c2ccc(F)cc2)C1=O. The third kappa shape index (κ3) is 2.45. The van der Waals surface area contributed by atoms with Gasteiger partial charge in [-0.3, -0.25) is 15.1 Å². The van der Waals surface area contributed by atoms with Crippen LogP contribution in [0.25, 0.3) is 0 Å². The fraction of sp³-hybridized carbons (Fsp3) is 0.235. The van der Waals surface area contributed by atoms with Gasteiger partial charge in [0.25, 0.3) is 0 Å². The molecule has 0 saturated carbocycles. The van der Waals surface area contributed by atoms with Crippen LogP contribution >= 0.6 is 11.3 Å². The molecule has 2 heterocycles. The zero-order chi connectivity index (χ0) is 17.5. The summed E-state index contributed by atoms with van der Waals surface area (Å²) < 4.78 is 13.3. The van der Waals surface area contributed by atoms with Gasteiger partial charge in [0, 0.05) is 11.9 Å². The van der Waals surface area contributed by atoms with Crippen molar-refractivity contribution in [3.8, 4) is 6.07 Å². The second-order valence-corrected chi connectivity index (χ2v) is 6.92. The van der Waals surface area contributed by atoms with Crippen molar-refractivity contribution in [3.63, 3.8) is 0 Å². The van der Waals surface area contributed by atoms with E-state index in [9.17, 15) is 9.18 Å². The second kappa shape index (κ2) is 5.73. The van der Waals surface area contributed by atoms with Crippen molar-refractivity contribution in [2.24, 2.45) is 0 Å². The molecule has 5 nitrogen and oxygen atoms in total. The summed E-state index contributed by atoms with van der Waals surface area (Å²) in [7, 11) is 1.53. The molecular formula is C17H15FN4OS. The highest BCUT2D eigenvalue weighted by atomic mass is 32.1. The maximum atomic E-state index is 13.3. The molecule has 2 aromatic rings. The number of carbonyl (C=O) groups excluding carboxylic acids is 1. The van der Waals surface area contributed by atoms with Gasteiger partial charge < -0.3 is 5.32 Å². The molecule has 0 unspecified atom stereocenters. The fourth-order valence-electron chi connectivity index (χ4n) is 2.96. The minimum atomic E-state index is -0.891. The number of likely N-dealkylation sites (N-methyl/N-ethyl adjacent to an activating group) is 1. The van der Waals surface area contributed by atoms with Crippen LogP contribution in [0, 0.1) is 22.6 Å². The first-order valence-corrected chi connectivity index (χ1v) is 8.08. The molecule has 1 fully saturated rings. The van der Waals surface area contributed by atoms with Gasteiger partial charge in [-0.05, 0) is 36.8 Å². The second-order valence-electron chi connectivity index (χ2n) is 5.83. The van der Waals surface area contributed by atoms with Gasteiger partial charge in [0.1, 0.15) is 16.8 Å². The molecule has 1 amide bonds. The van der Waals surface area contributed by atoms with Crippen LogP contribution in [0.1, 0.15) is 28.2 Å². The Morgan fingerprint density at radius 2 is 2.00 bits per heavy atom. The number of benzene rings is 1. The standard InChI is InChI=1S/C17H15FN4OS/c1-17(13-8-7-12(9-19)24-13)14(10-3-5-11(18)6-4-10)15(23)22(2)16(20)21-17/h3-8,14H,1-2H3,(H2,20,21)/t14-,17+/m0/s1. The zero-order valence-corrected chi connectivity index (χ0v) is 13.9. The van der Waals surface area contributed by atoms with Crippen molar-refractivity contribution in [1.82, 2.24) is 10.2 Å². The molecule has 1 aromatic carbocycles. The number of halogens is 1. The molecule has 3 rings (SSSR count). The van der Waals surface area contributed by atoms with E-state index in [0.29, 0.717) is 10.4 Å². The molecule has 24 heavy (non-hydrogen) atoms. The number of hydrogen-bond acceptors (Lipinski definition) is 4. The molecule has 0 spiro atoms. The summed E-state index contributed by atoms with van der Waals surface area (Å²) in [6, 6.07) is 11.4. The monoisotopic (exact) mass is 342 g/mol. The number of hydrogen-bond donors (Lipinski definition) is 2. The van der Waals surface area contributed by atoms with E-state index in [4.69, 9.17) is 10.7 Å². The summed E-state index contributed by atoms with van der Waals surface area (Å²) in [5.74, 6) is -1.27. The highest BCUT2D eigenvalue weighted by Gasteiger charge is 2.49. The summed E-state index contributed by atoms with van der Waals surface area (Å²) in [6.07, 6.45) is 0. The molecule has 1 aromatic heterocycles. The summed E-state index contributed by atoms with van der Waals surface area (Å²) in [5.41, 5.74) is -0.235. The van der Waals surface area contributed by atoms with E-state index in [1.807, 2.05) is 6.92 Å². The third-order valence-electron chi connectivity index (χ3n) is 4.30. The number of amides is 1. The van der Waals surface area contributed by atoms with Crippen molar-refractivity contribution in [3.05, 3.63) is 57.5 Å². The Hall–Kier alpha value is -2.72. The Morgan fingerprint density at radius 1 is 1.33 bits per heavy atom. The number of nitrogens with one attached hydrogen (secondary N) is 2. The first-order chi connectivity index (χ1) is 11.4. The lowest BCUT2D eigenvalue weighted by atomic mass is 9.77. The van der Waals surface area contributed by atoms with Crippen LogP contribution in [0.5, 0.6) is 0 Å². The fourth-order valence-corrected chi connectivity index (χ4v) is 3.90. The van der Waals surface area contributed by atoms with Crippen LogP contribution in [0.15, 0.2) is 36.4 Å². The normalized spacial score (nSPS) is 23.8. The maximum absolute atomic E-state index is 13.3. The van der Waals surface area contributed by atoms with Crippen LogP contribution in [0.3, 0.4) is 0 Å². The van der Waals surface area contributed by atoms with Crippen LogP contribution < -0.4 is 5.32 Å². The van der Waals surface area contributed by atoms with Crippen molar-refractivity contribution in [1.29, 1.82) is 10.7 Å². The molecule has 2 N–H and O–H groups in total. The molecule has 0 aliphatic carbocycles. The van der Waals surface area contributed by atoms with Gasteiger partial charge in [-0.2, -0.15) is 5.26 Å². The summed E-state index contributed by atoms with van der Waals surface area (Å²) in [4.78, 5) is 15.4. The molecule has 1 aliphatic heterocycles. The molecule has 0 radical (unpaired) electrons. The lowest BCUT2D eigenvalue weighted by molar-refractivity contribution is -0.131. The minimum absolute atomic E-state index is 0.00670. The predicted octanol–water partition coefficient (Wildman–Crippen LogP) is 2.75. The molecule has 1 saturated heterocycles. The zero-order valence-electron chi connectivity index (χ0n) is 13.1. The number of carbonyl (C=O) groups is 1. The molecule has 2 atom stereocenters. The summed E-state index contributed by atoms with van der Waals surface area (Å²) in [6.45, 7) is 1.83. The van der Waals surface area contributed by atoms with E-state index in [1.54, 1.807) is 24.3 Å². The molecular weight excluding hydrogens is 327 g/mol. The van der Waals surface area contributed by atoms with Gasteiger partial charge >= 0.3 is 0 Å². The van der Waals surface area contributed by atoms with Gasteiger partial charge in [0.15, 0.2) is 5.96 Å². The first-order valence-electron chi connectivity index (χ1n) is 7.27. The average Bonchev–Trinajstić information content (AvgIpc) is 3.04. The first kappa shape index (κ1) is 16.1. The van der Waals surface area contributed by atoms with E-state index in [-0.39, 0.29) is 17.7 Å². The van der Waals surface area contributed by atoms with Gasteiger partial charge in [0.05, 0.1) is 11.5 Å². The van der Waals surface area contributed by atoms with Gasteiger partial charge in [-0.15, -0.1) is 11.3 Å². The number of nitrogens with zero attached hydrogens (tertiary/aromatic N) is 2. The lowest BCUT2D eigenvalue weighted by Gasteiger charge is -2.45. The number of nitriles is 1. The minimum Gasteiger partial charge on any atom is -0.345 e. The largest absolute Gasteiger partial charge is 0.345 e. The van der Waals surface area contributed by atoms with E-state index in [2.05, 4.69) is 11.4 Å². The van der Waals surface area contributed by atoms with Crippen LogP contribution in [-0.4, -0.2) is 23.8 Å². The van der Waals surface area contributed by atoms with Gasteiger partial charge in [-0.25, -0.2) is 4.39 Å². The van der Waals surface area contributed by atoms with Crippen molar-refractivity contribution in [2.75, 3.05) is 7.05 Å². The Morgan fingerprint density at radius 3 is 2.58 bits per heavy atom. The van der Waals surface area contributed by atoms with Crippen molar-refractivity contribution < 1.29 is 9.18 Å². The lowest BCUT2D eigenvalue weighted by Crippen LogP contribution is -2.62. The van der Waals surface area contributed by atoms with Gasteiger partial charge in [0.2, 0.25) is 5.91 Å². The Balaban J connectivity index is 2.15. The van der Waals surface area contributed by atoms with E-state index in [0.717, 1.165) is 4.88 Å². The number of guanidine groups is 1. The van der Waals surface area contributed by atoms with Crippen LogP contribution in [0.4, 0.5) is 4.39 Å². The third-order valence-corrected chi connectivity index (χ3v) is 5.53. The Kier molecular flexibility index (Phi) is 3.85. The molecule has 1 aliphatic rings. The van der Waals surface area contributed by atoms with E-state index < -0.39 is 11.5 Å². The molecule has 122 valence electrons. The molecule has 0 bridgehead atoms. The number of rotatable bonds is 2. The predicted molar refractivity (Wildman–Crippen MR) is 89.2 cm³/mol. The number of thiophene rings is 1. The van der Waals surface area contributed by atoms with E-state index >= 15 is 0 Å². The van der Waals surface area contributed by atoms with Gasteiger partial charge in [-0.1, -0.05) is 12.1 Å². The van der Waals surface area contributed by atoms with E-state index in [1.165, 1.54) is 35.4 Å². The molecule has 7 heteroatoms. The highest BCUT2D eigenvalue weighted by Crippen LogP contribution is 2.43. The Bertz CT molecular complexity index is 854. The van der Waals surface area contributed by atoms with Crippen molar-refractivity contribution >= 4 is 23.2 Å². The average molecular weight is 342 g/mol.